The van der Waals surface area contributed by atoms with E-state index in [2.05, 4.69) is 11.1 Å². The summed E-state index contributed by atoms with van der Waals surface area (Å²) >= 11 is 0. The summed E-state index contributed by atoms with van der Waals surface area (Å²) in [5, 5.41) is 0. The molecule has 0 spiro atoms. The fourth-order valence-electron chi connectivity index (χ4n) is 1.75. The molecule has 0 heterocycles. The van der Waals surface area contributed by atoms with E-state index in [1.165, 1.54) is 0 Å². The van der Waals surface area contributed by atoms with Crippen LogP contribution in [0.4, 0.5) is 0 Å². The van der Waals surface area contributed by atoms with Gasteiger partial charge >= 0.3 is 29.6 Å². The summed E-state index contributed by atoms with van der Waals surface area (Å²) in [5.74, 6) is 0.165. The van der Waals surface area contributed by atoms with Gasteiger partial charge in [-0.05, 0) is 18.8 Å². The Morgan fingerprint density at radius 3 is 2.06 bits per heavy atom. The smallest absolute Gasteiger partial charge is 0.726 e. The summed E-state index contributed by atoms with van der Waals surface area (Å²) in [7, 11) is -4.57. The maximum atomic E-state index is 10.5. The van der Waals surface area contributed by atoms with Gasteiger partial charge in [0, 0.05) is 0 Å². The predicted octanol–water partition coefficient (Wildman–Crippen LogP) is -0.538. The van der Waals surface area contributed by atoms with Crippen LogP contribution < -0.4 is 29.6 Å². The van der Waals surface area contributed by atoms with E-state index >= 15 is 0 Å². The van der Waals surface area contributed by atoms with Crippen LogP contribution in [0.2, 0.25) is 0 Å². The minimum Gasteiger partial charge on any atom is -0.726 e. The molecule has 0 aliphatic rings. The molecule has 0 radical (unpaired) electrons. The van der Waals surface area contributed by atoms with Crippen molar-refractivity contribution in [1.82, 2.24) is 0 Å². The van der Waals surface area contributed by atoms with Crippen molar-refractivity contribution in [2.45, 2.75) is 59.0 Å². The molecule has 0 bridgehead atoms. The third kappa shape index (κ3) is 8.96. The molecule has 6 heteroatoms. The van der Waals surface area contributed by atoms with Gasteiger partial charge in [0.1, 0.15) is 0 Å². The Kier molecular flexibility index (Phi) is 11.8. The molecule has 92 valence electrons. The molecule has 0 aliphatic heterocycles. The van der Waals surface area contributed by atoms with Gasteiger partial charge in [-0.2, -0.15) is 0 Å². The number of rotatable bonds is 8. The number of hydrogen-bond acceptors (Lipinski definition) is 4. The minimum atomic E-state index is -4.57. The van der Waals surface area contributed by atoms with Gasteiger partial charge in [0.2, 0.25) is 10.4 Å². The van der Waals surface area contributed by atoms with Gasteiger partial charge < -0.3 is 4.55 Å². The molecule has 16 heavy (non-hydrogen) atoms. The first kappa shape index (κ1) is 19.2. The topological polar surface area (TPSA) is 66.4 Å². The molecule has 0 aromatic rings. The first-order valence-corrected chi connectivity index (χ1v) is 6.92. The van der Waals surface area contributed by atoms with E-state index in [0.29, 0.717) is 6.42 Å². The minimum absolute atomic E-state index is 0. The summed E-state index contributed by atoms with van der Waals surface area (Å²) in [5.41, 5.74) is 0. The van der Waals surface area contributed by atoms with Gasteiger partial charge in [-0.1, -0.05) is 40.0 Å². The molecule has 0 aromatic heterocycles. The van der Waals surface area contributed by atoms with Crippen molar-refractivity contribution in [2.75, 3.05) is 0 Å². The van der Waals surface area contributed by atoms with Crippen molar-refractivity contribution in [3.8, 4) is 0 Å². The van der Waals surface area contributed by atoms with Gasteiger partial charge in [0.25, 0.3) is 0 Å². The summed E-state index contributed by atoms with van der Waals surface area (Å²) < 4.78 is 36.1. The van der Waals surface area contributed by atoms with E-state index in [1.54, 1.807) is 0 Å². The van der Waals surface area contributed by atoms with E-state index in [-0.39, 0.29) is 35.5 Å². The van der Waals surface area contributed by atoms with Crippen LogP contribution >= 0.6 is 0 Å². The Balaban J connectivity index is 0. The SMILES string of the molecule is CCCCC(CC)C(CC)OS(=O)(=O)[O-].[Na+]. The third-order valence-electron chi connectivity index (χ3n) is 2.62. The second-order valence-electron chi connectivity index (χ2n) is 3.76. The van der Waals surface area contributed by atoms with Gasteiger partial charge in [0.15, 0.2) is 0 Å². The van der Waals surface area contributed by atoms with E-state index in [0.717, 1.165) is 25.7 Å². The van der Waals surface area contributed by atoms with E-state index in [9.17, 15) is 13.0 Å². The number of unbranched alkanes of at least 4 members (excludes halogenated alkanes) is 1. The van der Waals surface area contributed by atoms with Crippen LogP contribution in [0.15, 0.2) is 0 Å². The van der Waals surface area contributed by atoms with Crippen LogP contribution in [0, 0.1) is 5.92 Å². The molecule has 0 saturated heterocycles. The van der Waals surface area contributed by atoms with Crippen LogP contribution in [-0.4, -0.2) is 19.1 Å². The Labute approximate surface area is 121 Å². The number of hydrogen-bond donors (Lipinski definition) is 0. The van der Waals surface area contributed by atoms with E-state index in [4.69, 9.17) is 0 Å². The molecule has 4 nitrogen and oxygen atoms in total. The predicted molar refractivity (Wildman–Crippen MR) is 58.2 cm³/mol. The van der Waals surface area contributed by atoms with Gasteiger partial charge in [0.05, 0.1) is 6.10 Å². The van der Waals surface area contributed by atoms with Crippen molar-refractivity contribution >= 4 is 10.4 Å². The Morgan fingerprint density at radius 1 is 1.19 bits per heavy atom. The van der Waals surface area contributed by atoms with Gasteiger partial charge in [-0.25, -0.2) is 8.42 Å². The zero-order chi connectivity index (χ0) is 11.9. The van der Waals surface area contributed by atoms with Crippen molar-refractivity contribution < 1.29 is 46.7 Å². The quantitative estimate of drug-likeness (QED) is 0.334. The fourth-order valence-corrected chi connectivity index (χ4v) is 2.35. The largest absolute Gasteiger partial charge is 1.00 e. The molecular formula is C10H21NaO4S. The second kappa shape index (κ2) is 9.85. The van der Waals surface area contributed by atoms with Crippen LogP contribution in [0.3, 0.4) is 0 Å². The zero-order valence-corrected chi connectivity index (χ0v) is 13.5. The third-order valence-corrected chi connectivity index (χ3v) is 3.11. The maximum absolute atomic E-state index is 10.5. The molecule has 0 aromatic carbocycles. The van der Waals surface area contributed by atoms with Crippen molar-refractivity contribution in [3.05, 3.63) is 0 Å². The van der Waals surface area contributed by atoms with E-state index in [1.807, 2.05) is 13.8 Å². The monoisotopic (exact) mass is 260 g/mol. The summed E-state index contributed by atoms with van der Waals surface area (Å²) in [6, 6.07) is 0. The van der Waals surface area contributed by atoms with Crippen molar-refractivity contribution in [3.63, 3.8) is 0 Å². The normalized spacial score (nSPS) is 15.2. The molecular weight excluding hydrogens is 239 g/mol. The molecule has 0 aliphatic carbocycles. The molecule has 0 rings (SSSR count). The van der Waals surface area contributed by atoms with Crippen molar-refractivity contribution in [2.24, 2.45) is 5.92 Å². The first-order valence-electron chi connectivity index (χ1n) is 5.58. The average molecular weight is 260 g/mol. The van der Waals surface area contributed by atoms with Gasteiger partial charge in [-0.15, -0.1) is 0 Å². The van der Waals surface area contributed by atoms with Gasteiger partial charge in [-0.3, -0.25) is 4.18 Å². The van der Waals surface area contributed by atoms with E-state index < -0.39 is 16.5 Å². The summed E-state index contributed by atoms with van der Waals surface area (Å²) in [6.45, 7) is 5.91. The Hall–Kier alpha value is 0.870. The summed E-state index contributed by atoms with van der Waals surface area (Å²) in [6.07, 6.45) is 3.97. The molecule has 2 unspecified atom stereocenters. The average Bonchev–Trinajstić information content (AvgIpc) is 2.15. The molecule has 0 saturated carbocycles. The molecule has 0 amide bonds. The zero-order valence-electron chi connectivity index (χ0n) is 10.7. The Morgan fingerprint density at radius 2 is 1.75 bits per heavy atom. The van der Waals surface area contributed by atoms with Crippen LogP contribution in [0.5, 0.6) is 0 Å². The maximum Gasteiger partial charge on any atom is 1.00 e. The molecule has 0 fully saturated rings. The Bertz CT molecular complexity index is 254. The van der Waals surface area contributed by atoms with Crippen LogP contribution in [-0.2, 0) is 14.6 Å². The standard InChI is InChI=1S/C10H22O4S.Na/c1-4-7-8-9(5-2)10(6-3)14-15(11,12)13;/h9-10H,4-8H2,1-3H3,(H,11,12,13);/q;+1/p-1. The first-order chi connectivity index (χ1) is 6.94. The fraction of sp³-hybridized carbons (Fsp3) is 1.00. The summed E-state index contributed by atoms with van der Waals surface area (Å²) in [4.78, 5) is 0. The van der Waals surface area contributed by atoms with Crippen LogP contribution in [0.25, 0.3) is 0 Å². The molecule has 2 atom stereocenters. The second-order valence-corrected chi connectivity index (χ2v) is 4.77. The molecule has 0 N–H and O–H groups in total. The van der Waals surface area contributed by atoms with Crippen molar-refractivity contribution in [1.29, 1.82) is 0 Å². The van der Waals surface area contributed by atoms with Crippen LogP contribution in [0.1, 0.15) is 52.9 Å².